The highest BCUT2D eigenvalue weighted by molar-refractivity contribution is 5.79. The Morgan fingerprint density at radius 2 is 2.20 bits per heavy atom. The summed E-state index contributed by atoms with van der Waals surface area (Å²) in [4.78, 5) is 14.1. The largest absolute Gasteiger partial charge is 0.481 e. The number of alkyl halides is 3. The van der Waals surface area contributed by atoms with Gasteiger partial charge in [-0.05, 0) is 44.6 Å². The fourth-order valence-corrected chi connectivity index (χ4v) is 2.65. The molecule has 1 aromatic rings. The molecule has 1 heterocycles. The molecule has 1 N–H and O–H groups in total. The number of piperidine rings is 1. The smallest absolute Gasteiger partial charge is 0.416 e. The summed E-state index contributed by atoms with van der Waals surface area (Å²) in [5.41, 5.74) is -0.761. The molecule has 1 aliphatic heterocycles. The normalized spacial score (nSPS) is 18.2. The molecule has 1 atom stereocenters. The van der Waals surface area contributed by atoms with E-state index in [-0.39, 0.29) is 30.7 Å². The van der Waals surface area contributed by atoms with Crippen LogP contribution in [0.1, 0.15) is 18.4 Å². The number of nitrogens with zero attached hydrogens (tertiary/aromatic N) is 1. The van der Waals surface area contributed by atoms with E-state index < -0.39 is 11.7 Å². The molecule has 0 radical (unpaired) electrons. The Balaban J connectivity index is 1.72. The number of benzene rings is 1. The molecule has 1 fully saturated rings. The minimum atomic E-state index is -4.40. The molecule has 2 rings (SSSR count). The zero-order chi connectivity index (χ0) is 18.3. The molecular weight excluding hydrogens is 333 g/mol. The number of rotatable bonds is 4. The predicted octanol–water partition coefficient (Wildman–Crippen LogP) is 2.55. The van der Waals surface area contributed by atoms with Crippen molar-refractivity contribution >= 4 is 5.91 Å². The summed E-state index contributed by atoms with van der Waals surface area (Å²) >= 11 is 0. The van der Waals surface area contributed by atoms with Gasteiger partial charge in [0.2, 0.25) is 5.91 Å². The van der Waals surface area contributed by atoms with Gasteiger partial charge in [0.1, 0.15) is 12.4 Å². The van der Waals surface area contributed by atoms with Crippen molar-refractivity contribution in [1.29, 1.82) is 0 Å². The third-order valence-electron chi connectivity index (χ3n) is 3.94. The molecule has 0 aromatic heterocycles. The number of carbonyl (C=O) groups is 1. The molecule has 0 aliphatic carbocycles. The van der Waals surface area contributed by atoms with Crippen LogP contribution in [0.25, 0.3) is 0 Å². The van der Waals surface area contributed by atoms with Crippen LogP contribution in [0.15, 0.2) is 24.3 Å². The van der Waals surface area contributed by atoms with Crippen LogP contribution in [0, 0.1) is 17.8 Å². The highest BCUT2D eigenvalue weighted by atomic mass is 19.4. The van der Waals surface area contributed by atoms with Crippen LogP contribution in [0.3, 0.4) is 0 Å². The fraction of sp³-hybridized carbons (Fsp3) is 0.500. The van der Waals surface area contributed by atoms with Crippen LogP contribution >= 0.6 is 0 Å². The first-order valence-electron chi connectivity index (χ1n) is 8.08. The summed E-state index contributed by atoms with van der Waals surface area (Å²) in [6, 6.07) is 4.64. The summed E-state index contributed by atoms with van der Waals surface area (Å²) < 4.78 is 42.9. The predicted molar refractivity (Wildman–Crippen MR) is 87.9 cm³/mol. The molecule has 0 bridgehead atoms. The van der Waals surface area contributed by atoms with Crippen LogP contribution in [0.2, 0.25) is 0 Å². The van der Waals surface area contributed by atoms with Crippen LogP contribution in [-0.4, -0.2) is 44.1 Å². The number of hydrogen-bond acceptors (Lipinski definition) is 3. The van der Waals surface area contributed by atoms with Crippen molar-refractivity contribution in [3.8, 4) is 17.6 Å². The van der Waals surface area contributed by atoms with Crippen molar-refractivity contribution in [2.24, 2.45) is 5.92 Å². The summed E-state index contributed by atoms with van der Waals surface area (Å²) in [6.07, 6.45) is -2.52. The SMILES string of the molecule is CN1CCCC(C(=O)NCC#CCOc2cccc(C(F)(F)F)c2)C1. The van der Waals surface area contributed by atoms with Gasteiger partial charge in [0.05, 0.1) is 18.0 Å². The standard InChI is InChI=1S/C18H21F3N2O2/c1-23-10-5-6-14(13-23)17(24)22-9-2-3-11-25-16-8-4-7-15(12-16)18(19,20)21/h4,7-8,12,14H,5-6,9-11,13H2,1H3,(H,22,24). The van der Waals surface area contributed by atoms with Crippen LogP contribution < -0.4 is 10.1 Å². The number of hydrogen-bond donors (Lipinski definition) is 1. The third kappa shape index (κ3) is 6.31. The van der Waals surface area contributed by atoms with E-state index in [2.05, 4.69) is 22.1 Å². The molecule has 4 nitrogen and oxygen atoms in total. The van der Waals surface area contributed by atoms with E-state index in [4.69, 9.17) is 4.74 Å². The Labute approximate surface area is 145 Å². The van der Waals surface area contributed by atoms with E-state index in [0.717, 1.165) is 38.1 Å². The highest BCUT2D eigenvalue weighted by Crippen LogP contribution is 2.31. The van der Waals surface area contributed by atoms with Crippen molar-refractivity contribution in [2.75, 3.05) is 33.3 Å². The zero-order valence-corrected chi connectivity index (χ0v) is 14.0. The van der Waals surface area contributed by atoms with E-state index in [1.807, 2.05) is 7.05 Å². The summed E-state index contributed by atoms with van der Waals surface area (Å²) in [7, 11) is 1.99. The number of carbonyl (C=O) groups excluding carboxylic acids is 1. The van der Waals surface area contributed by atoms with E-state index in [1.54, 1.807) is 0 Å². The van der Waals surface area contributed by atoms with Gasteiger partial charge >= 0.3 is 6.18 Å². The monoisotopic (exact) mass is 354 g/mol. The Morgan fingerprint density at radius 1 is 1.40 bits per heavy atom. The van der Waals surface area contributed by atoms with Gasteiger partial charge in [0.15, 0.2) is 0 Å². The first kappa shape index (κ1) is 19.1. The second-order valence-corrected chi connectivity index (χ2v) is 5.99. The molecule has 136 valence electrons. The minimum absolute atomic E-state index is 0.0121. The second-order valence-electron chi connectivity index (χ2n) is 5.99. The minimum Gasteiger partial charge on any atom is -0.481 e. The lowest BCUT2D eigenvalue weighted by atomic mass is 9.98. The number of halogens is 3. The van der Waals surface area contributed by atoms with Gasteiger partial charge in [-0.15, -0.1) is 0 Å². The van der Waals surface area contributed by atoms with Crippen molar-refractivity contribution in [1.82, 2.24) is 10.2 Å². The average Bonchev–Trinajstić information content (AvgIpc) is 2.57. The molecule has 1 amide bonds. The van der Waals surface area contributed by atoms with E-state index >= 15 is 0 Å². The number of ether oxygens (including phenoxy) is 1. The Hall–Kier alpha value is -2.20. The topological polar surface area (TPSA) is 41.6 Å². The van der Waals surface area contributed by atoms with Crippen LogP contribution in [0.5, 0.6) is 5.75 Å². The lowest BCUT2D eigenvalue weighted by Gasteiger charge is -2.28. The van der Waals surface area contributed by atoms with Gasteiger partial charge in [0, 0.05) is 6.54 Å². The van der Waals surface area contributed by atoms with E-state index in [9.17, 15) is 18.0 Å². The lowest BCUT2D eigenvalue weighted by molar-refractivity contribution is -0.137. The van der Waals surface area contributed by atoms with Crippen molar-refractivity contribution < 1.29 is 22.7 Å². The Morgan fingerprint density at radius 3 is 2.92 bits per heavy atom. The fourth-order valence-electron chi connectivity index (χ4n) is 2.65. The lowest BCUT2D eigenvalue weighted by Crippen LogP contribution is -2.41. The first-order chi connectivity index (χ1) is 11.9. The number of amides is 1. The van der Waals surface area contributed by atoms with Gasteiger partial charge in [-0.1, -0.05) is 17.9 Å². The van der Waals surface area contributed by atoms with Crippen molar-refractivity contribution in [3.63, 3.8) is 0 Å². The van der Waals surface area contributed by atoms with Crippen molar-refractivity contribution in [3.05, 3.63) is 29.8 Å². The van der Waals surface area contributed by atoms with Gasteiger partial charge in [-0.25, -0.2) is 0 Å². The third-order valence-corrected chi connectivity index (χ3v) is 3.94. The molecule has 25 heavy (non-hydrogen) atoms. The maximum Gasteiger partial charge on any atom is 0.416 e. The average molecular weight is 354 g/mol. The number of likely N-dealkylation sites (tertiary alicyclic amines) is 1. The molecule has 1 aromatic carbocycles. The molecule has 7 heteroatoms. The van der Waals surface area contributed by atoms with Gasteiger partial charge in [0.25, 0.3) is 0 Å². The highest BCUT2D eigenvalue weighted by Gasteiger charge is 2.30. The quantitative estimate of drug-likeness (QED) is 0.845. The Kier molecular flexibility index (Phi) is 6.71. The van der Waals surface area contributed by atoms with Crippen LogP contribution in [-0.2, 0) is 11.0 Å². The molecule has 0 saturated carbocycles. The summed E-state index contributed by atoms with van der Waals surface area (Å²) in [6.45, 7) is 1.92. The molecule has 0 spiro atoms. The van der Waals surface area contributed by atoms with Gasteiger partial charge < -0.3 is 15.0 Å². The van der Waals surface area contributed by atoms with Gasteiger partial charge in [-0.2, -0.15) is 13.2 Å². The molecular formula is C18H21F3N2O2. The van der Waals surface area contributed by atoms with E-state index in [1.165, 1.54) is 12.1 Å². The Bertz CT molecular complexity index is 650. The van der Waals surface area contributed by atoms with Crippen LogP contribution in [0.4, 0.5) is 13.2 Å². The second kappa shape index (κ2) is 8.77. The maximum absolute atomic E-state index is 12.6. The first-order valence-corrected chi connectivity index (χ1v) is 8.08. The maximum atomic E-state index is 12.6. The summed E-state index contributed by atoms with van der Waals surface area (Å²) in [5, 5.41) is 2.76. The number of nitrogens with one attached hydrogen (secondary N) is 1. The molecule has 1 unspecified atom stereocenters. The van der Waals surface area contributed by atoms with Gasteiger partial charge in [-0.3, -0.25) is 4.79 Å². The van der Waals surface area contributed by atoms with Crippen molar-refractivity contribution in [2.45, 2.75) is 19.0 Å². The zero-order valence-electron chi connectivity index (χ0n) is 14.0. The molecule has 1 aliphatic rings. The summed E-state index contributed by atoms with van der Waals surface area (Å²) in [5.74, 6) is 5.50. The molecule has 1 saturated heterocycles. The van der Waals surface area contributed by atoms with E-state index in [0.29, 0.717) is 0 Å².